The quantitative estimate of drug-likeness (QED) is 0.216. The number of rotatable bonds is 9. The second-order valence-electron chi connectivity index (χ2n) is 6.97. The number of benzene rings is 1. The van der Waals surface area contributed by atoms with Crippen molar-refractivity contribution in [1.29, 1.82) is 0 Å². The Hall–Kier alpha value is -3.51. The fourth-order valence-electron chi connectivity index (χ4n) is 3.36. The number of unbranched alkanes of at least 4 members (excludes halogenated alkanes) is 2. The van der Waals surface area contributed by atoms with Gasteiger partial charge in [-0.25, -0.2) is 0 Å². The number of hydrogen-bond acceptors (Lipinski definition) is 9. The van der Waals surface area contributed by atoms with Gasteiger partial charge in [0.1, 0.15) is 5.56 Å². The number of carbonyl (C=O) groups is 3. The minimum absolute atomic E-state index is 0.0579. The van der Waals surface area contributed by atoms with Crippen LogP contribution in [0.2, 0.25) is 0 Å². The molecule has 3 heterocycles. The van der Waals surface area contributed by atoms with Crippen molar-refractivity contribution in [2.24, 2.45) is 0 Å². The predicted molar refractivity (Wildman–Crippen MR) is 119 cm³/mol. The van der Waals surface area contributed by atoms with Crippen molar-refractivity contribution in [3.05, 3.63) is 57.0 Å². The van der Waals surface area contributed by atoms with Crippen LogP contribution in [0.15, 0.2) is 35.7 Å². The largest absolute Gasteiger partial charge is 0.301 e. The van der Waals surface area contributed by atoms with Gasteiger partial charge in [-0.1, -0.05) is 29.9 Å². The van der Waals surface area contributed by atoms with Gasteiger partial charge in [0.15, 0.2) is 5.01 Å². The Kier molecular flexibility index (Phi) is 6.32. The average molecular weight is 472 g/mol. The smallest absolute Gasteiger partial charge is 0.282 e. The summed E-state index contributed by atoms with van der Waals surface area (Å²) in [6.45, 7) is 0.145. The van der Waals surface area contributed by atoms with Gasteiger partial charge >= 0.3 is 0 Å². The van der Waals surface area contributed by atoms with E-state index in [1.807, 2.05) is 17.5 Å². The van der Waals surface area contributed by atoms with Crippen LogP contribution in [0.3, 0.4) is 0 Å². The monoisotopic (exact) mass is 471 g/mol. The number of nitrogens with zero attached hydrogens (tertiary/aromatic N) is 4. The van der Waals surface area contributed by atoms with Crippen molar-refractivity contribution in [3.8, 4) is 9.88 Å². The summed E-state index contributed by atoms with van der Waals surface area (Å²) in [5, 5.41) is 25.1. The third-order valence-corrected chi connectivity index (χ3v) is 6.74. The number of nitro benzene ring substituents is 1. The van der Waals surface area contributed by atoms with E-state index in [-0.39, 0.29) is 35.7 Å². The Morgan fingerprint density at radius 3 is 2.69 bits per heavy atom. The summed E-state index contributed by atoms with van der Waals surface area (Å²) >= 11 is 2.85. The molecule has 1 aliphatic heterocycles. The molecule has 2 aromatic heterocycles. The lowest BCUT2D eigenvalue weighted by atomic mass is 10.1. The summed E-state index contributed by atoms with van der Waals surface area (Å²) in [4.78, 5) is 49.6. The third-order valence-electron chi connectivity index (χ3n) is 4.86. The molecule has 0 saturated heterocycles. The second-order valence-corrected chi connectivity index (χ2v) is 8.89. The van der Waals surface area contributed by atoms with Crippen LogP contribution < -0.4 is 5.32 Å². The maximum absolute atomic E-state index is 12.5. The van der Waals surface area contributed by atoms with Crippen LogP contribution in [0.1, 0.15) is 46.4 Å². The number of aromatic nitrogens is 2. The zero-order chi connectivity index (χ0) is 22.7. The molecule has 1 N–H and O–H groups in total. The first-order valence-corrected chi connectivity index (χ1v) is 11.5. The Labute approximate surface area is 190 Å². The second kappa shape index (κ2) is 9.32. The van der Waals surface area contributed by atoms with E-state index in [4.69, 9.17) is 0 Å². The molecule has 0 unspecified atom stereocenters. The topological polar surface area (TPSA) is 135 Å². The van der Waals surface area contributed by atoms with Crippen LogP contribution in [0, 0.1) is 10.1 Å². The maximum Gasteiger partial charge on any atom is 0.282 e. The molecule has 3 amide bonds. The van der Waals surface area contributed by atoms with E-state index in [1.165, 1.54) is 29.5 Å². The lowest BCUT2D eigenvalue weighted by molar-refractivity contribution is -0.385. The van der Waals surface area contributed by atoms with E-state index >= 15 is 0 Å². The Morgan fingerprint density at radius 2 is 1.94 bits per heavy atom. The summed E-state index contributed by atoms with van der Waals surface area (Å²) in [5.74, 6) is -1.35. The van der Waals surface area contributed by atoms with Crippen molar-refractivity contribution in [2.75, 3.05) is 11.9 Å². The Balaban J connectivity index is 1.22. The lowest BCUT2D eigenvalue weighted by Gasteiger charge is -2.13. The summed E-state index contributed by atoms with van der Waals surface area (Å²) < 4.78 is 0. The Bertz CT molecular complexity index is 1190. The molecular weight excluding hydrogens is 454 g/mol. The zero-order valence-electron chi connectivity index (χ0n) is 16.6. The molecule has 0 spiro atoms. The summed E-state index contributed by atoms with van der Waals surface area (Å²) in [7, 11) is 0. The number of nitrogens with one attached hydrogen (secondary N) is 1. The highest BCUT2D eigenvalue weighted by molar-refractivity contribution is 7.23. The Morgan fingerprint density at radius 1 is 1.09 bits per heavy atom. The van der Waals surface area contributed by atoms with E-state index < -0.39 is 16.7 Å². The van der Waals surface area contributed by atoms with Gasteiger partial charge in [0, 0.05) is 19.0 Å². The fraction of sp³-hybridized carbons (Fsp3) is 0.250. The molecule has 4 rings (SSSR count). The van der Waals surface area contributed by atoms with Crippen molar-refractivity contribution in [3.63, 3.8) is 0 Å². The maximum atomic E-state index is 12.5. The van der Waals surface area contributed by atoms with Crippen LogP contribution in [0.5, 0.6) is 0 Å². The van der Waals surface area contributed by atoms with Gasteiger partial charge in [-0.05, 0) is 30.4 Å². The zero-order valence-corrected chi connectivity index (χ0v) is 18.3. The molecular formula is C20H17N5O5S2. The van der Waals surface area contributed by atoms with Crippen LogP contribution in [-0.4, -0.2) is 44.3 Å². The van der Waals surface area contributed by atoms with Crippen molar-refractivity contribution in [1.82, 2.24) is 15.1 Å². The number of imide groups is 1. The van der Waals surface area contributed by atoms with Crippen molar-refractivity contribution < 1.29 is 19.3 Å². The molecule has 0 aliphatic carbocycles. The predicted octanol–water partition coefficient (Wildman–Crippen LogP) is 3.97. The van der Waals surface area contributed by atoms with Crippen molar-refractivity contribution in [2.45, 2.75) is 25.7 Å². The van der Waals surface area contributed by atoms with E-state index in [9.17, 15) is 24.5 Å². The number of carbonyl (C=O) groups excluding carboxylic acids is 3. The van der Waals surface area contributed by atoms with E-state index in [2.05, 4.69) is 15.5 Å². The molecule has 1 aliphatic rings. The van der Waals surface area contributed by atoms with Crippen LogP contribution in [-0.2, 0) is 4.79 Å². The molecule has 1 aromatic carbocycles. The molecule has 32 heavy (non-hydrogen) atoms. The highest BCUT2D eigenvalue weighted by Gasteiger charge is 2.40. The van der Waals surface area contributed by atoms with Gasteiger partial charge in [0.2, 0.25) is 11.0 Å². The van der Waals surface area contributed by atoms with Crippen molar-refractivity contribution >= 4 is 51.2 Å². The van der Waals surface area contributed by atoms with Gasteiger partial charge in [0.05, 0.1) is 15.4 Å². The summed E-state index contributed by atoms with van der Waals surface area (Å²) in [6, 6.07) is 7.88. The molecule has 0 bridgehead atoms. The van der Waals surface area contributed by atoms with E-state index in [0.29, 0.717) is 24.4 Å². The van der Waals surface area contributed by atoms with Gasteiger partial charge in [0.25, 0.3) is 17.5 Å². The van der Waals surface area contributed by atoms with E-state index in [1.54, 1.807) is 11.3 Å². The number of amides is 3. The standard InChI is InChI=1S/C20H17N5O5S2/c26-15(21-20-23-22-17(32-20)14-8-5-11-31-14)9-2-1-3-10-24-18(27)12-6-4-7-13(25(29)30)16(12)19(24)28/h4-8,11H,1-3,9-10H2,(H,21,23,26). The highest BCUT2D eigenvalue weighted by atomic mass is 32.1. The SMILES string of the molecule is O=C(CCCCCN1C(=O)c2cccc([N+](=O)[O-])c2C1=O)Nc1nnc(-c2cccs2)s1. The molecule has 12 heteroatoms. The van der Waals surface area contributed by atoms with Gasteiger partial charge < -0.3 is 5.32 Å². The molecule has 0 fully saturated rings. The third kappa shape index (κ3) is 4.41. The first-order valence-electron chi connectivity index (χ1n) is 9.76. The highest BCUT2D eigenvalue weighted by Crippen LogP contribution is 2.31. The summed E-state index contributed by atoms with van der Waals surface area (Å²) in [6.07, 6.45) is 1.93. The van der Waals surface area contributed by atoms with Gasteiger partial charge in [-0.2, -0.15) is 0 Å². The first kappa shape index (κ1) is 21.7. The van der Waals surface area contributed by atoms with Crippen LogP contribution in [0.4, 0.5) is 10.8 Å². The molecule has 0 saturated carbocycles. The molecule has 164 valence electrons. The number of fused-ring (bicyclic) bond motifs is 1. The van der Waals surface area contributed by atoms with Crippen LogP contribution in [0.25, 0.3) is 9.88 Å². The average Bonchev–Trinajstić information content (AvgIpc) is 3.50. The number of nitro groups is 1. The number of anilines is 1. The molecule has 10 nitrogen and oxygen atoms in total. The lowest BCUT2D eigenvalue weighted by Crippen LogP contribution is -2.30. The first-order chi connectivity index (χ1) is 15.5. The normalized spacial score (nSPS) is 12.8. The number of hydrogen-bond donors (Lipinski definition) is 1. The molecule has 0 radical (unpaired) electrons. The van der Waals surface area contributed by atoms with Crippen LogP contribution >= 0.6 is 22.7 Å². The number of thiophene rings is 1. The molecule has 3 aromatic rings. The van der Waals surface area contributed by atoms with Gasteiger partial charge in [-0.15, -0.1) is 21.5 Å². The minimum Gasteiger partial charge on any atom is -0.301 e. The molecule has 0 atom stereocenters. The summed E-state index contributed by atoms with van der Waals surface area (Å²) in [5.41, 5.74) is -0.456. The van der Waals surface area contributed by atoms with E-state index in [0.717, 1.165) is 14.8 Å². The van der Waals surface area contributed by atoms with Gasteiger partial charge in [-0.3, -0.25) is 29.4 Å². The fourth-order valence-corrected chi connectivity index (χ4v) is 4.91. The minimum atomic E-state index is -0.659.